The van der Waals surface area contributed by atoms with Crippen LogP contribution in [0.1, 0.15) is 5.56 Å². The number of carbonyl (C=O) groups excluding carboxylic acids is 1. The van der Waals surface area contributed by atoms with Gasteiger partial charge in [-0.05, 0) is 26.2 Å². The molecule has 3 aliphatic rings. The van der Waals surface area contributed by atoms with Gasteiger partial charge in [0.15, 0.2) is 11.6 Å². The lowest BCUT2D eigenvalue weighted by atomic mass is 10.1. The molecule has 4 heterocycles. The van der Waals surface area contributed by atoms with E-state index in [4.69, 9.17) is 4.74 Å². The van der Waals surface area contributed by atoms with Crippen molar-refractivity contribution in [2.24, 2.45) is 0 Å². The van der Waals surface area contributed by atoms with Gasteiger partial charge < -0.3 is 15.0 Å². The van der Waals surface area contributed by atoms with E-state index in [1.165, 1.54) is 6.08 Å². The third-order valence-corrected chi connectivity index (χ3v) is 4.61. The van der Waals surface area contributed by atoms with Crippen LogP contribution in [0.4, 0.5) is 11.5 Å². The summed E-state index contributed by atoms with van der Waals surface area (Å²) in [5.41, 5.74) is 3.12. The fraction of sp³-hybridized carbons (Fsp3) is 0.333. The molecule has 0 radical (unpaired) electrons. The summed E-state index contributed by atoms with van der Waals surface area (Å²) in [4.78, 5) is 21.4. The molecule has 1 unspecified atom stereocenters. The van der Waals surface area contributed by atoms with Crippen LogP contribution >= 0.6 is 0 Å². The molecule has 8 nitrogen and oxygen atoms in total. The smallest absolute Gasteiger partial charge is 0.180 e. The van der Waals surface area contributed by atoms with Gasteiger partial charge in [-0.15, -0.1) is 0 Å². The van der Waals surface area contributed by atoms with Crippen molar-refractivity contribution in [3.8, 4) is 5.75 Å². The molecule has 1 atom stereocenters. The molecule has 0 amide bonds. The van der Waals surface area contributed by atoms with E-state index >= 15 is 0 Å². The summed E-state index contributed by atoms with van der Waals surface area (Å²) >= 11 is 0. The number of rotatable bonds is 4. The number of aldehydes is 1. The number of carbonyl (C=O) groups is 1. The second-order valence-corrected chi connectivity index (χ2v) is 6.51. The fourth-order valence-electron chi connectivity index (χ4n) is 3.34. The van der Waals surface area contributed by atoms with Gasteiger partial charge >= 0.3 is 0 Å². The Morgan fingerprint density at radius 3 is 3.08 bits per heavy atom. The highest BCUT2D eigenvalue weighted by Crippen LogP contribution is 2.41. The number of nitrogens with one attached hydrogen (secondary N) is 2. The largest absolute Gasteiger partial charge is 0.483 e. The van der Waals surface area contributed by atoms with Crippen LogP contribution in [0, 0.1) is 0 Å². The van der Waals surface area contributed by atoms with Crippen LogP contribution in [-0.4, -0.2) is 54.6 Å². The van der Waals surface area contributed by atoms with Gasteiger partial charge in [0.2, 0.25) is 0 Å². The Kier molecular flexibility index (Phi) is 4.36. The summed E-state index contributed by atoms with van der Waals surface area (Å²) in [6.07, 6.45) is 12.0. The summed E-state index contributed by atoms with van der Waals surface area (Å²) in [5.74, 6) is 1.62. The number of pyridine rings is 1. The zero-order valence-corrected chi connectivity index (χ0v) is 14.8. The first-order chi connectivity index (χ1) is 12.7. The van der Waals surface area contributed by atoms with Crippen LogP contribution in [0.5, 0.6) is 5.75 Å². The number of hydrogen-bond acceptors (Lipinski definition) is 8. The molecule has 0 spiro atoms. The average molecular weight is 354 g/mol. The number of ether oxygens (including phenoxy) is 1. The Morgan fingerprint density at radius 1 is 1.38 bits per heavy atom. The average Bonchev–Trinajstić information content (AvgIpc) is 2.67. The van der Waals surface area contributed by atoms with E-state index < -0.39 is 0 Å². The highest BCUT2D eigenvalue weighted by molar-refractivity contribution is 5.71. The fourth-order valence-corrected chi connectivity index (χ4v) is 3.34. The van der Waals surface area contributed by atoms with Gasteiger partial charge in [0.05, 0.1) is 24.2 Å². The van der Waals surface area contributed by atoms with Crippen molar-refractivity contribution >= 4 is 17.8 Å². The van der Waals surface area contributed by atoms with Gasteiger partial charge in [-0.25, -0.2) is 4.98 Å². The maximum atomic E-state index is 10.7. The summed E-state index contributed by atoms with van der Waals surface area (Å²) < 4.78 is 6.06. The van der Waals surface area contributed by atoms with E-state index in [9.17, 15) is 4.79 Å². The third-order valence-electron chi connectivity index (χ3n) is 4.61. The summed E-state index contributed by atoms with van der Waals surface area (Å²) in [6.45, 7) is 1.95. The molecule has 0 aromatic carbocycles. The summed E-state index contributed by atoms with van der Waals surface area (Å²) in [6, 6.07) is 0. The Balaban J connectivity index is 1.65. The van der Waals surface area contributed by atoms with E-state index in [1.54, 1.807) is 0 Å². The standard InChI is InChI=1S/C18H22N6O2/c1-22(2)16(4-3-7-25)23-5-6-24-13(10-23)11-26-17-14-8-19-12-21-15(14)9-20-18(17)24/h3-7,9-10,16,19,21H,8,11-12H2,1-2H3. The van der Waals surface area contributed by atoms with E-state index in [2.05, 4.69) is 20.5 Å². The minimum absolute atomic E-state index is 0.0580. The molecule has 26 heavy (non-hydrogen) atoms. The predicted octanol–water partition coefficient (Wildman–Crippen LogP) is 1.02. The van der Waals surface area contributed by atoms with Gasteiger partial charge in [-0.1, -0.05) is 0 Å². The lowest BCUT2D eigenvalue weighted by Crippen LogP contribution is -2.42. The van der Waals surface area contributed by atoms with Crippen molar-refractivity contribution in [3.05, 3.63) is 48.2 Å². The Hall–Kier alpha value is -2.84. The van der Waals surface area contributed by atoms with Crippen molar-refractivity contribution in [1.82, 2.24) is 20.1 Å². The topological polar surface area (TPSA) is 73.0 Å². The molecular weight excluding hydrogens is 332 g/mol. The normalized spacial score (nSPS) is 19.3. The minimum atomic E-state index is -0.0580. The maximum Gasteiger partial charge on any atom is 0.180 e. The number of allylic oxidation sites excluding steroid dienone is 1. The number of nitrogens with zero attached hydrogens (tertiary/aromatic N) is 4. The number of anilines is 2. The van der Waals surface area contributed by atoms with Crippen LogP contribution < -0.4 is 20.3 Å². The van der Waals surface area contributed by atoms with Crippen LogP contribution in [0.2, 0.25) is 0 Å². The zero-order chi connectivity index (χ0) is 18.1. The Labute approximate surface area is 152 Å². The molecule has 0 fully saturated rings. The van der Waals surface area contributed by atoms with E-state index in [-0.39, 0.29) is 6.17 Å². The maximum absolute atomic E-state index is 10.7. The second kappa shape index (κ2) is 6.81. The van der Waals surface area contributed by atoms with Crippen molar-refractivity contribution in [2.45, 2.75) is 12.7 Å². The molecular formula is C18H22N6O2. The zero-order valence-electron chi connectivity index (χ0n) is 14.8. The molecule has 136 valence electrons. The van der Waals surface area contributed by atoms with Crippen molar-refractivity contribution in [1.29, 1.82) is 0 Å². The van der Waals surface area contributed by atoms with Crippen molar-refractivity contribution in [3.63, 3.8) is 0 Å². The predicted molar refractivity (Wildman–Crippen MR) is 99.3 cm³/mol. The second-order valence-electron chi connectivity index (χ2n) is 6.51. The number of likely N-dealkylation sites (N-methyl/N-ethyl adjacent to an activating group) is 1. The highest BCUT2D eigenvalue weighted by atomic mass is 16.5. The highest BCUT2D eigenvalue weighted by Gasteiger charge is 2.30. The van der Waals surface area contributed by atoms with E-state index in [0.717, 1.165) is 48.0 Å². The first kappa shape index (κ1) is 16.6. The molecule has 0 aliphatic carbocycles. The van der Waals surface area contributed by atoms with Gasteiger partial charge in [-0.2, -0.15) is 0 Å². The molecule has 3 aliphatic heterocycles. The minimum Gasteiger partial charge on any atom is -0.483 e. The Morgan fingerprint density at radius 2 is 2.27 bits per heavy atom. The van der Waals surface area contributed by atoms with Crippen LogP contribution in [-0.2, 0) is 11.3 Å². The quantitative estimate of drug-likeness (QED) is 0.613. The van der Waals surface area contributed by atoms with E-state index in [0.29, 0.717) is 6.61 Å². The van der Waals surface area contributed by atoms with Crippen LogP contribution in [0.15, 0.2) is 42.6 Å². The number of hydrogen-bond donors (Lipinski definition) is 2. The van der Waals surface area contributed by atoms with Gasteiger partial charge in [0.1, 0.15) is 19.1 Å². The monoisotopic (exact) mass is 354 g/mol. The van der Waals surface area contributed by atoms with Crippen LogP contribution in [0.25, 0.3) is 0 Å². The molecule has 0 bridgehead atoms. The number of aromatic nitrogens is 1. The summed E-state index contributed by atoms with van der Waals surface area (Å²) in [7, 11) is 3.94. The molecule has 8 heteroatoms. The van der Waals surface area contributed by atoms with Gasteiger partial charge in [0, 0.05) is 30.7 Å². The molecule has 4 rings (SSSR count). The first-order valence-corrected chi connectivity index (χ1v) is 8.52. The van der Waals surface area contributed by atoms with Crippen molar-refractivity contribution < 1.29 is 9.53 Å². The van der Waals surface area contributed by atoms with Crippen LogP contribution in [0.3, 0.4) is 0 Å². The lowest BCUT2D eigenvalue weighted by molar-refractivity contribution is -0.104. The SMILES string of the molecule is CN(C)C(C=CC=O)N1C=CN2C(=C1)COc1c2ncc2c1CNCN2. The molecule has 1 aromatic heterocycles. The molecule has 0 saturated heterocycles. The third kappa shape index (κ3) is 2.83. The van der Waals surface area contributed by atoms with Gasteiger partial charge in [-0.3, -0.25) is 19.9 Å². The number of fused-ring (bicyclic) bond motifs is 5. The Bertz CT molecular complexity index is 801. The molecule has 2 N–H and O–H groups in total. The van der Waals surface area contributed by atoms with Gasteiger partial charge in [0.25, 0.3) is 0 Å². The lowest BCUT2D eigenvalue weighted by Gasteiger charge is -2.39. The van der Waals surface area contributed by atoms with Crippen molar-refractivity contribution in [2.75, 3.05) is 37.6 Å². The van der Waals surface area contributed by atoms with E-state index in [1.807, 2.05) is 54.8 Å². The molecule has 0 saturated carbocycles. The summed E-state index contributed by atoms with van der Waals surface area (Å²) in [5, 5.41) is 6.58. The first-order valence-electron chi connectivity index (χ1n) is 8.52. The molecule has 1 aromatic rings.